The van der Waals surface area contributed by atoms with E-state index in [2.05, 4.69) is 5.32 Å². The van der Waals surface area contributed by atoms with Crippen LogP contribution in [0.1, 0.15) is 22.8 Å². The Morgan fingerprint density at radius 3 is 2.20 bits per heavy atom. The summed E-state index contributed by atoms with van der Waals surface area (Å²) in [6.07, 6.45) is -1.19. The molecule has 2 aromatic carbocycles. The van der Waals surface area contributed by atoms with Crippen molar-refractivity contribution in [1.82, 2.24) is 10.8 Å². The van der Waals surface area contributed by atoms with Crippen molar-refractivity contribution < 1.29 is 24.3 Å². The molecular formula is C18H19FN2O4. The third-order valence-electron chi connectivity index (χ3n) is 3.81. The molecule has 0 aliphatic rings. The molecule has 4 N–H and O–H groups in total. The number of amides is 2. The number of halogens is 1. The van der Waals surface area contributed by atoms with Crippen molar-refractivity contribution >= 4 is 11.8 Å². The van der Waals surface area contributed by atoms with E-state index in [9.17, 15) is 19.1 Å². The van der Waals surface area contributed by atoms with Crippen LogP contribution in [0.4, 0.5) is 4.39 Å². The van der Waals surface area contributed by atoms with Gasteiger partial charge in [-0.2, -0.15) is 0 Å². The summed E-state index contributed by atoms with van der Waals surface area (Å²) in [6, 6.07) is 9.94. The number of hydrogen-bond acceptors (Lipinski definition) is 4. The van der Waals surface area contributed by atoms with Gasteiger partial charge < -0.3 is 10.4 Å². The lowest BCUT2D eigenvalue weighted by Gasteiger charge is -2.19. The van der Waals surface area contributed by atoms with Crippen LogP contribution in [-0.2, 0) is 4.79 Å². The zero-order valence-corrected chi connectivity index (χ0v) is 13.8. The van der Waals surface area contributed by atoms with Crippen molar-refractivity contribution in [3.63, 3.8) is 0 Å². The molecule has 0 aliphatic carbocycles. The number of benzene rings is 2. The molecule has 2 aromatic rings. The monoisotopic (exact) mass is 346 g/mol. The Hall–Kier alpha value is -2.77. The van der Waals surface area contributed by atoms with E-state index in [1.807, 2.05) is 0 Å². The molecule has 0 saturated heterocycles. The zero-order chi connectivity index (χ0) is 18.6. The highest BCUT2D eigenvalue weighted by Gasteiger charge is 2.25. The van der Waals surface area contributed by atoms with Crippen LogP contribution in [0.3, 0.4) is 0 Å². The smallest absolute Gasteiger partial charge is 0.268 e. The number of aliphatic hydroxyl groups excluding tert-OH is 1. The lowest BCUT2D eigenvalue weighted by Crippen LogP contribution is -2.51. The van der Waals surface area contributed by atoms with Crippen LogP contribution in [0.5, 0.6) is 0 Å². The van der Waals surface area contributed by atoms with Gasteiger partial charge in [0.1, 0.15) is 11.9 Å². The van der Waals surface area contributed by atoms with Crippen molar-refractivity contribution in [3.05, 3.63) is 59.4 Å². The Bertz CT molecular complexity index is 775. The fraction of sp³-hybridized carbons (Fsp3) is 0.222. The van der Waals surface area contributed by atoms with Gasteiger partial charge in [0.25, 0.3) is 11.8 Å². The number of nitrogens with one attached hydrogen (secondary N) is 2. The maximum atomic E-state index is 13.7. The fourth-order valence-electron chi connectivity index (χ4n) is 2.29. The number of carbonyl (C=O) groups is 2. The van der Waals surface area contributed by atoms with E-state index in [0.717, 1.165) is 5.56 Å². The number of aliphatic hydroxyl groups is 1. The minimum absolute atomic E-state index is 0.257. The Kier molecular flexibility index (Phi) is 5.84. The first-order valence-corrected chi connectivity index (χ1v) is 7.63. The first kappa shape index (κ1) is 18.6. The van der Waals surface area contributed by atoms with Gasteiger partial charge in [-0.05, 0) is 48.7 Å². The second-order valence-corrected chi connectivity index (χ2v) is 5.71. The Morgan fingerprint density at radius 2 is 1.68 bits per heavy atom. The minimum atomic E-state index is -1.29. The summed E-state index contributed by atoms with van der Waals surface area (Å²) in [5, 5.41) is 20.5. The third kappa shape index (κ3) is 4.40. The molecule has 2 rings (SSSR count). The maximum absolute atomic E-state index is 13.7. The molecule has 0 aromatic heterocycles. The molecule has 2 atom stereocenters. The van der Waals surface area contributed by atoms with Gasteiger partial charge in [-0.3, -0.25) is 14.8 Å². The molecule has 2 amide bonds. The Morgan fingerprint density at radius 1 is 1.08 bits per heavy atom. The molecular weight excluding hydrogens is 327 g/mol. The fourth-order valence-corrected chi connectivity index (χ4v) is 2.29. The number of carbonyl (C=O) groups excluding carboxylic acids is 2. The molecule has 25 heavy (non-hydrogen) atoms. The lowest BCUT2D eigenvalue weighted by atomic mass is 10.0. The molecule has 0 aliphatic heterocycles. The van der Waals surface area contributed by atoms with Gasteiger partial charge in [-0.1, -0.05) is 24.3 Å². The van der Waals surface area contributed by atoms with E-state index in [4.69, 9.17) is 5.21 Å². The molecule has 132 valence electrons. The van der Waals surface area contributed by atoms with Gasteiger partial charge in [0.15, 0.2) is 0 Å². The van der Waals surface area contributed by atoms with Crippen molar-refractivity contribution in [2.45, 2.75) is 26.0 Å². The lowest BCUT2D eigenvalue weighted by molar-refractivity contribution is -0.133. The van der Waals surface area contributed by atoms with Gasteiger partial charge >= 0.3 is 0 Å². The SMILES string of the molecule is Cc1ccc(-c2ccc(C(=O)N[C@H](C(=O)NO)[C@@H](C)O)cc2)cc1F. The summed E-state index contributed by atoms with van der Waals surface area (Å²) in [5.41, 5.74) is 3.61. The Balaban J connectivity index is 2.17. The highest BCUT2D eigenvalue weighted by atomic mass is 19.1. The normalized spacial score (nSPS) is 13.0. The minimum Gasteiger partial charge on any atom is -0.391 e. The van der Waals surface area contributed by atoms with Crippen LogP contribution in [0.25, 0.3) is 11.1 Å². The molecule has 0 fully saturated rings. The van der Waals surface area contributed by atoms with Gasteiger partial charge in [0, 0.05) is 5.56 Å². The van der Waals surface area contributed by atoms with Gasteiger partial charge in [0.2, 0.25) is 0 Å². The standard InChI is InChI=1S/C18H19FN2O4/c1-10-3-4-14(9-15(10)19)12-5-7-13(8-6-12)17(23)20-16(11(2)22)18(24)21-25/h3-9,11,16,22,25H,1-2H3,(H,20,23)(H,21,24)/t11-,16+/m1/s1. The summed E-state index contributed by atoms with van der Waals surface area (Å²) < 4.78 is 13.7. The molecule has 0 unspecified atom stereocenters. The maximum Gasteiger partial charge on any atom is 0.268 e. The summed E-state index contributed by atoms with van der Waals surface area (Å²) in [7, 11) is 0. The molecule has 0 saturated carbocycles. The van der Waals surface area contributed by atoms with Crippen molar-refractivity contribution in [3.8, 4) is 11.1 Å². The summed E-state index contributed by atoms with van der Waals surface area (Å²) in [4.78, 5) is 23.6. The first-order chi connectivity index (χ1) is 11.8. The molecule has 7 heteroatoms. The van der Waals surface area contributed by atoms with Crippen LogP contribution in [0, 0.1) is 12.7 Å². The van der Waals surface area contributed by atoms with Gasteiger partial charge in [-0.15, -0.1) is 0 Å². The molecule has 0 heterocycles. The van der Waals surface area contributed by atoms with Gasteiger partial charge in [-0.25, -0.2) is 9.87 Å². The molecule has 6 nitrogen and oxygen atoms in total. The van der Waals surface area contributed by atoms with Crippen LogP contribution in [0.15, 0.2) is 42.5 Å². The van der Waals surface area contributed by atoms with Crippen molar-refractivity contribution in [2.75, 3.05) is 0 Å². The van der Waals surface area contributed by atoms with Crippen LogP contribution in [-0.4, -0.2) is 34.3 Å². The number of hydroxylamine groups is 1. The highest BCUT2D eigenvalue weighted by Crippen LogP contribution is 2.22. The molecule has 0 radical (unpaired) electrons. The third-order valence-corrected chi connectivity index (χ3v) is 3.81. The number of aryl methyl sites for hydroxylation is 1. The van der Waals surface area contributed by atoms with Crippen LogP contribution in [0.2, 0.25) is 0 Å². The van der Waals surface area contributed by atoms with Crippen molar-refractivity contribution in [2.24, 2.45) is 0 Å². The second-order valence-electron chi connectivity index (χ2n) is 5.71. The van der Waals surface area contributed by atoms with Crippen LogP contribution < -0.4 is 10.8 Å². The summed E-state index contributed by atoms with van der Waals surface area (Å²) >= 11 is 0. The predicted molar refractivity (Wildman–Crippen MR) is 89.4 cm³/mol. The first-order valence-electron chi connectivity index (χ1n) is 7.63. The quantitative estimate of drug-likeness (QED) is 0.490. The largest absolute Gasteiger partial charge is 0.391 e. The summed E-state index contributed by atoms with van der Waals surface area (Å²) in [5.74, 6) is -1.82. The zero-order valence-electron chi connectivity index (χ0n) is 13.8. The van der Waals surface area contributed by atoms with E-state index in [1.165, 1.54) is 30.6 Å². The van der Waals surface area contributed by atoms with E-state index >= 15 is 0 Å². The number of rotatable bonds is 5. The average Bonchev–Trinajstić information content (AvgIpc) is 2.61. The average molecular weight is 346 g/mol. The van der Waals surface area contributed by atoms with Gasteiger partial charge in [0.05, 0.1) is 6.10 Å². The van der Waals surface area contributed by atoms with E-state index in [0.29, 0.717) is 11.1 Å². The second kappa shape index (κ2) is 7.87. The van der Waals surface area contributed by atoms with Crippen LogP contribution >= 0.6 is 0 Å². The molecule has 0 bridgehead atoms. The van der Waals surface area contributed by atoms with E-state index in [-0.39, 0.29) is 11.4 Å². The van der Waals surface area contributed by atoms with Crippen molar-refractivity contribution in [1.29, 1.82) is 0 Å². The predicted octanol–water partition coefficient (Wildman–Crippen LogP) is 1.79. The topological polar surface area (TPSA) is 98.7 Å². The Labute approximate surface area is 144 Å². The highest BCUT2D eigenvalue weighted by molar-refractivity contribution is 5.97. The van der Waals surface area contributed by atoms with E-state index < -0.39 is 24.0 Å². The number of hydrogen-bond donors (Lipinski definition) is 4. The summed E-state index contributed by atoms with van der Waals surface area (Å²) in [6.45, 7) is 2.99. The molecule has 0 spiro atoms. The van der Waals surface area contributed by atoms with E-state index in [1.54, 1.807) is 31.2 Å².